The molecule has 0 radical (unpaired) electrons. The first-order chi connectivity index (χ1) is 7.78. The molecule has 1 rings (SSSR count). The molecule has 0 aliphatic heterocycles. The summed E-state index contributed by atoms with van der Waals surface area (Å²) < 4.78 is 5.51. The molecule has 4 nitrogen and oxygen atoms in total. The SMILES string of the molecule is CC(Oc1cccc(N)c1)C(=O)NC(C)(C)C. The van der Waals surface area contributed by atoms with Crippen LogP contribution in [0.5, 0.6) is 5.75 Å². The highest BCUT2D eigenvalue weighted by Crippen LogP contribution is 2.16. The van der Waals surface area contributed by atoms with Crippen LogP contribution in [0, 0.1) is 0 Å². The van der Waals surface area contributed by atoms with E-state index in [1.807, 2.05) is 20.8 Å². The Morgan fingerprint density at radius 1 is 1.41 bits per heavy atom. The van der Waals surface area contributed by atoms with Gasteiger partial charge in [0, 0.05) is 17.3 Å². The van der Waals surface area contributed by atoms with Crippen LogP contribution < -0.4 is 15.8 Å². The molecule has 1 atom stereocenters. The maximum Gasteiger partial charge on any atom is 0.261 e. The van der Waals surface area contributed by atoms with Crippen molar-refractivity contribution in [2.45, 2.75) is 39.3 Å². The lowest BCUT2D eigenvalue weighted by atomic mass is 10.1. The number of nitrogens with one attached hydrogen (secondary N) is 1. The highest BCUT2D eigenvalue weighted by Gasteiger charge is 2.20. The van der Waals surface area contributed by atoms with Crippen molar-refractivity contribution in [2.75, 3.05) is 5.73 Å². The standard InChI is InChI=1S/C13H20N2O2/c1-9(12(16)15-13(2,3)4)17-11-7-5-6-10(14)8-11/h5-9H,14H2,1-4H3,(H,15,16). The Bertz CT molecular complexity index is 397. The van der Waals surface area contributed by atoms with Gasteiger partial charge in [-0.15, -0.1) is 0 Å². The number of anilines is 1. The number of nitrogen functional groups attached to an aromatic ring is 1. The van der Waals surface area contributed by atoms with Crippen molar-refractivity contribution in [3.63, 3.8) is 0 Å². The number of benzene rings is 1. The van der Waals surface area contributed by atoms with Crippen molar-refractivity contribution in [2.24, 2.45) is 0 Å². The summed E-state index contributed by atoms with van der Waals surface area (Å²) in [6.45, 7) is 7.50. The maximum atomic E-state index is 11.8. The molecule has 1 aromatic rings. The van der Waals surface area contributed by atoms with E-state index in [0.717, 1.165) is 0 Å². The highest BCUT2D eigenvalue weighted by atomic mass is 16.5. The molecular formula is C13H20N2O2. The molecule has 94 valence electrons. The first-order valence-corrected chi connectivity index (χ1v) is 5.62. The second kappa shape index (κ2) is 5.08. The monoisotopic (exact) mass is 236 g/mol. The summed E-state index contributed by atoms with van der Waals surface area (Å²) in [5.41, 5.74) is 5.99. The summed E-state index contributed by atoms with van der Waals surface area (Å²) >= 11 is 0. The summed E-state index contributed by atoms with van der Waals surface area (Å²) in [6, 6.07) is 7.03. The van der Waals surface area contributed by atoms with Crippen LogP contribution in [0.3, 0.4) is 0 Å². The predicted molar refractivity (Wildman–Crippen MR) is 68.8 cm³/mol. The van der Waals surface area contributed by atoms with E-state index < -0.39 is 6.10 Å². The summed E-state index contributed by atoms with van der Waals surface area (Å²) in [5.74, 6) is 0.460. The van der Waals surface area contributed by atoms with Crippen molar-refractivity contribution in [3.05, 3.63) is 24.3 Å². The Morgan fingerprint density at radius 2 is 2.06 bits per heavy atom. The van der Waals surface area contributed by atoms with E-state index in [1.165, 1.54) is 0 Å². The number of hydrogen-bond acceptors (Lipinski definition) is 3. The third kappa shape index (κ3) is 4.76. The zero-order valence-corrected chi connectivity index (χ0v) is 10.8. The van der Waals surface area contributed by atoms with E-state index in [0.29, 0.717) is 11.4 Å². The number of carbonyl (C=O) groups is 1. The van der Waals surface area contributed by atoms with E-state index in [1.54, 1.807) is 31.2 Å². The van der Waals surface area contributed by atoms with Gasteiger partial charge in [0.1, 0.15) is 5.75 Å². The molecule has 0 aliphatic carbocycles. The predicted octanol–water partition coefficient (Wildman–Crippen LogP) is 1.95. The van der Waals surface area contributed by atoms with Crippen molar-refractivity contribution in [3.8, 4) is 5.75 Å². The third-order valence-electron chi connectivity index (χ3n) is 2.04. The highest BCUT2D eigenvalue weighted by molar-refractivity contribution is 5.81. The van der Waals surface area contributed by atoms with Crippen molar-refractivity contribution in [1.82, 2.24) is 5.32 Å². The molecule has 1 aromatic carbocycles. The molecule has 0 spiro atoms. The zero-order chi connectivity index (χ0) is 13.1. The second-order valence-corrected chi connectivity index (χ2v) is 5.07. The lowest BCUT2D eigenvalue weighted by Gasteiger charge is -2.23. The van der Waals surface area contributed by atoms with Gasteiger partial charge in [0.15, 0.2) is 6.10 Å². The number of amides is 1. The van der Waals surface area contributed by atoms with Gasteiger partial charge in [0.2, 0.25) is 0 Å². The van der Waals surface area contributed by atoms with Gasteiger partial charge >= 0.3 is 0 Å². The van der Waals surface area contributed by atoms with Gasteiger partial charge in [-0.05, 0) is 39.8 Å². The van der Waals surface area contributed by atoms with Crippen molar-refractivity contribution < 1.29 is 9.53 Å². The number of rotatable bonds is 3. The van der Waals surface area contributed by atoms with Crippen LogP contribution in [-0.2, 0) is 4.79 Å². The van der Waals surface area contributed by atoms with Gasteiger partial charge in [-0.1, -0.05) is 6.07 Å². The summed E-state index contributed by atoms with van der Waals surface area (Å²) in [7, 11) is 0. The summed E-state index contributed by atoms with van der Waals surface area (Å²) in [4.78, 5) is 11.8. The Morgan fingerprint density at radius 3 is 2.59 bits per heavy atom. The average molecular weight is 236 g/mol. The first-order valence-electron chi connectivity index (χ1n) is 5.62. The number of hydrogen-bond donors (Lipinski definition) is 2. The summed E-state index contributed by atoms with van der Waals surface area (Å²) in [5, 5.41) is 2.86. The molecule has 0 aliphatic rings. The molecule has 1 unspecified atom stereocenters. The molecule has 0 fully saturated rings. The van der Waals surface area contributed by atoms with Crippen molar-refractivity contribution >= 4 is 11.6 Å². The largest absolute Gasteiger partial charge is 0.481 e. The molecule has 17 heavy (non-hydrogen) atoms. The molecular weight excluding hydrogens is 216 g/mol. The van der Waals surface area contributed by atoms with Gasteiger partial charge in [-0.2, -0.15) is 0 Å². The van der Waals surface area contributed by atoms with E-state index >= 15 is 0 Å². The van der Waals surface area contributed by atoms with Crippen LogP contribution in [-0.4, -0.2) is 17.6 Å². The molecule has 0 aromatic heterocycles. The fourth-order valence-corrected chi connectivity index (χ4v) is 1.32. The average Bonchev–Trinajstić information content (AvgIpc) is 2.14. The van der Waals surface area contributed by atoms with E-state index in [4.69, 9.17) is 10.5 Å². The topological polar surface area (TPSA) is 64.3 Å². The lowest BCUT2D eigenvalue weighted by molar-refractivity contribution is -0.128. The van der Waals surface area contributed by atoms with Crippen LogP contribution in [0.2, 0.25) is 0 Å². The van der Waals surface area contributed by atoms with Crippen LogP contribution >= 0.6 is 0 Å². The minimum Gasteiger partial charge on any atom is -0.481 e. The summed E-state index contributed by atoms with van der Waals surface area (Å²) in [6.07, 6.45) is -0.545. The van der Waals surface area contributed by atoms with Gasteiger partial charge in [-0.25, -0.2) is 0 Å². The molecule has 0 saturated carbocycles. The number of carbonyl (C=O) groups excluding carboxylic acids is 1. The molecule has 3 N–H and O–H groups in total. The molecule has 0 saturated heterocycles. The number of nitrogens with two attached hydrogens (primary N) is 1. The van der Waals surface area contributed by atoms with E-state index in [2.05, 4.69) is 5.32 Å². The second-order valence-electron chi connectivity index (χ2n) is 5.07. The van der Waals surface area contributed by atoms with E-state index in [9.17, 15) is 4.79 Å². The third-order valence-corrected chi connectivity index (χ3v) is 2.04. The lowest BCUT2D eigenvalue weighted by Crippen LogP contribution is -2.46. The van der Waals surface area contributed by atoms with Gasteiger partial charge in [-0.3, -0.25) is 4.79 Å². The van der Waals surface area contributed by atoms with Crippen molar-refractivity contribution in [1.29, 1.82) is 0 Å². The smallest absolute Gasteiger partial charge is 0.261 e. The Labute approximate surface area is 102 Å². The Kier molecular flexibility index (Phi) is 3.99. The first kappa shape index (κ1) is 13.4. The molecule has 1 amide bonds. The Hall–Kier alpha value is -1.71. The normalized spacial score (nSPS) is 12.9. The van der Waals surface area contributed by atoms with Gasteiger partial charge in [0.25, 0.3) is 5.91 Å². The minimum atomic E-state index is -0.545. The van der Waals surface area contributed by atoms with Crippen LogP contribution in [0.1, 0.15) is 27.7 Å². The number of ether oxygens (including phenoxy) is 1. The quantitative estimate of drug-likeness (QED) is 0.788. The molecule has 0 bridgehead atoms. The zero-order valence-electron chi connectivity index (χ0n) is 10.8. The van der Waals surface area contributed by atoms with E-state index in [-0.39, 0.29) is 11.4 Å². The van der Waals surface area contributed by atoms with Gasteiger partial charge < -0.3 is 15.8 Å². The fourth-order valence-electron chi connectivity index (χ4n) is 1.32. The molecule has 0 heterocycles. The van der Waals surface area contributed by atoms with Crippen LogP contribution in [0.4, 0.5) is 5.69 Å². The molecule has 4 heteroatoms. The van der Waals surface area contributed by atoms with Crippen LogP contribution in [0.25, 0.3) is 0 Å². The minimum absolute atomic E-state index is 0.139. The fraction of sp³-hybridized carbons (Fsp3) is 0.462. The van der Waals surface area contributed by atoms with Crippen LogP contribution in [0.15, 0.2) is 24.3 Å². The Balaban J connectivity index is 2.60. The van der Waals surface area contributed by atoms with Gasteiger partial charge in [0.05, 0.1) is 0 Å². The maximum absolute atomic E-state index is 11.8.